The van der Waals surface area contributed by atoms with Crippen molar-refractivity contribution in [1.29, 1.82) is 0 Å². The molecule has 1 N–H and O–H groups in total. The zero-order chi connectivity index (χ0) is 13.9. The minimum atomic E-state index is -2.99. The van der Waals surface area contributed by atoms with Crippen LogP contribution in [0.15, 0.2) is 0 Å². The number of ether oxygens (including phenoxy) is 1. The van der Waals surface area contributed by atoms with Crippen LogP contribution in [0, 0.1) is 0 Å². The molecule has 0 aromatic rings. The monoisotopic (exact) mass is 290 g/mol. The summed E-state index contributed by atoms with van der Waals surface area (Å²) in [6, 6.07) is -0.294. The number of esters is 1. The maximum atomic E-state index is 11.8. The van der Waals surface area contributed by atoms with Gasteiger partial charge in [-0.2, -0.15) is 0 Å². The van der Waals surface area contributed by atoms with Gasteiger partial charge in [-0.05, 0) is 19.9 Å². The molecule has 0 aromatic carbocycles. The van der Waals surface area contributed by atoms with E-state index in [1.54, 1.807) is 0 Å². The molecule has 1 atom stereocenters. The predicted octanol–water partition coefficient (Wildman–Crippen LogP) is -0.599. The molecular formula is C12H22N2O4S. The molecule has 2 aliphatic rings. The van der Waals surface area contributed by atoms with E-state index in [4.69, 9.17) is 4.74 Å². The van der Waals surface area contributed by atoms with Gasteiger partial charge in [0, 0.05) is 25.7 Å². The van der Waals surface area contributed by atoms with Crippen molar-refractivity contribution in [3.05, 3.63) is 0 Å². The number of sulfone groups is 1. The number of hydrogen-bond acceptors (Lipinski definition) is 6. The lowest BCUT2D eigenvalue weighted by Crippen LogP contribution is -2.46. The Bertz CT molecular complexity index is 415. The van der Waals surface area contributed by atoms with Gasteiger partial charge in [-0.25, -0.2) is 8.42 Å². The van der Waals surface area contributed by atoms with E-state index < -0.39 is 9.84 Å². The van der Waals surface area contributed by atoms with E-state index >= 15 is 0 Å². The third kappa shape index (κ3) is 4.74. The van der Waals surface area contributed by atoms with Crippen molar-refractivity contribution in [1.82, 2.24) is 10.2 Å². The van der Waals surface area contributed by atoms with Crippen LogP contribution in [-0.4, -0.2) is 69.6 Å². The van der Waals surface area contributed by atoms with Crippen LogP contribution in [-0.2, 0) is 19.4 Å². The summed E-state index contributed by atoms with van der Waals surface area (Å²) < 4.78 is 28.4. The first kappa shape index (κ1) is 14.7. The molecule has 0 amide bonds. The van der Waals surface area contributed by atoms with Crippen LogP contribution >= 0.6 is 0 Å². The fraction of sp³-hybridized carbons (Fsp3) is 0.917. The minimum absolute atomic E-state index is 0.0103. The largest absolute Gasteiger partial charge is 0.462 e. The van der Waals surface area contributed by atoms with Crippen molar-refractivity contribution in [2.75, 3.05) is 38.2 Å². The van der Waals surface area contributed by atoms with Crippen LogP contribution in [0.2, 0.25) is 0 Å². The van der Waals surface area contributed by atoms with Crippen LogP contribution in [0.1, 0.15) is 19.3 Å². The summed E-state index contributed by atoms with van der Waals surface area (Å²) in [6.45, 7) is 2.30. The third-order valence-electron chi connectivity index (χ3n) is 3.68. The molecule has 0 bridgehead atoms. The number of carbonyl (C=O) groups is 1. The number of nitrogens with zero attached hydrogens (tertiary/aromatic N) is 1. The average molecular weight is 290 g/mol. The van der Waals surface area contributed by atoms with Gasteiger partial charge in [-0.3, -0.25) is 4.79 Å². The number of carbonyl (C=O) groups excluding carboxylic acids is 1. The Kier molecular flexibility index (Phi) is 4.81. The highest BCUT2D eigenvalue weighted by atomic mass is 32.2. The van der Waals surface area contributed by atoms with Crippen LogP contribution in [0.5, 0.6) is 0 Å². The highest BCUT2D eigenvalue weighted by Crippen LogP contribution is 2.14. The van der Waals surface area contributed by atoms with Crippen LogP contribution in [0.3, 0.4) is 0 Å². The lowest BCUT2D eigenvalue weighted by molar-refractivity contribution is -0.151. The molecule has 2 rings (SSSR count). The smallest absolute Gasteiger partial charge is 0.307 e. The van der Waals surface area contributed by atoms with Gasteiger partial charge in [0.2, 0.25) is 0 Å². The van der Waals surface area contributed by atoms with Gasteiger partial charge in [0.15, 0.2) is 9.84 Å². The Balaban J connectivity index is 1.75. The van der Waals surface area contributed by atoms with Crippen LogP contribution in [0.4, 0.5) is 0 Å². The zero-order valence-corrected chi connectivity index (χ0v) is 12.1. The van der Waals surface area contributed by atoms with Crippen LogP contribution < -0.4 is 5.32 Å². The highest BCUT2D eigenvalue weighted by molar-refractivity contribution is 7.91. The highest BCUT2D eigenvalue weighted by Gasteiger charge is 2.28. The molecule has 0 saturated carbocycles. The van der Waals surface area contributed by atoms with Gasteiger partial charge in [0.25, 0.3) is 0 Å². The minimum Gasteiger partial charge on any atom is -0.462 e. The number of likely N-dealkylation sites (tertiary alicyclic amines) is 1. The van der Waals surface area contributed by atoms with Crippen molar-refractivity contribution in [2.45, 2.75) is 31.4 Å². The van der Waals surface area contributed by atoms with E-state index in [-0.39, 0.29) is 36.0 Å². The summed E-state index contributed by atoms with van der Waals surface area (Å²) in [6.07, 6.45) is 1.85. The van der Waals surface area contributed by atoms with Crippen molar-refractivity contribution < 1.29 is 17.9 Å². The first-order valence-electron chi connectivity index (χ1n) is 6.76. The Morgan fingerprint density at radius 3 is 2.68 bits per heavy atom. The van der Waals surface area contributed by atoms with E-state index in [0.717, 1.165) is 25.9 Å². The molecule has 0 aliphatic carbocycles. The maximum Gasteiger partial charge on any atom is 0.307 e. The van der Waals surface area contributed by atoms with Gasteiger partial charge in [-0.1, -0.05) is 0 Å². The summed E-state index contributed by atoms with van der Waals surface area (Å²) in [5.41, 5.74) is 0. The van der Waals surface area contributed by atoms with E-state index in [0.29, 0.717) is 6.54 Å². The molecule has 7 heteroatoms. The fourth-order valence-electron chi connectivity index (χ4n) is 2.54. The van der Waals surface area contributed by atoms with Crippen molar-refractivity contribution in [2.24, 2.45) is 0 Å². The summed E-state index contributed by atoms with van der Waals surface area (Å²) in [7, 11) is -0.944. The van der Waals surface area contributed by atoms with E-state index in [1.807, 2.05) is 0 Å². The van der Waals surface area contributed by atoms with Gasteiger partial charge in [0.05, 0.1) is 17.9 Å². The number of rotatable bonds is 3. The molecule has 0 spiro atoms. The third-order valence-corrected chi connectivity index (χ3v) is 5.41. The maximum absolute atomic E-state index is 11.8. The van der Waals surface area contributed by atoms with Crippen LogP contribution in [0.25, 0.3) is 0 Å². The molecule has 1 unspecified atom stereocenters. The molecule has 110 valence electrons. The molecule has 2 fully saturated rings. The second-order valence-corrected chi connectivity index (χ2v) is 7.69. The van der Waals surface area contributed by atoms with Gasteiger partial charge < -0.3 is 15.0 Å². The fourth-order valence-corrected chi connectivity index (χ4v) is 3.98. The Morgan fingerprint density at radius 1 is 1.37 bits per heavy atom. The number of nitrogens with one attached hydrogen (secondary N) is 1. The van der Waals surface area contributed by atoms with Gasteiger partial charge >= 0.3 is 5.97 Å². The Morgan fingerprint density at radius 2 is 2.05 bits per heavy atom. The molecule has 2 heterocycles. The molecule has 6 nitrogen and oxygen atoms in total. The Hall–Kier alpha value is -0.660. The summed E-state index contributed by atoms with van der Waals surface area (Å²) >= 11 is 0. The normalized spacial score (nSPS) is 29.0. The molecule has 2 aliphatic heterocycles. The van der Waals surface area contributed by atoms with Gasteiger partial charge in [0.1, 0.15) is 6.10 Å². The molecule has 2 saturated heterocycles. The van der Waals surface area contributed by atoms with Crippen molar-refractivity contribution in [3.8, 4) is 0 Å². The lowest BCUT2D eigenvalue weighted by Gasteiger charge is -2.29. The standard InChI is InChI=1S/C12H22N2O4S/c1-14-5-2-11(3-6-14)18-12(15)8-10-9-19(16,17)7-4-13-10/h10-11,13H,2-9H2,1H3. The SMILES string of the molecule is CN1CCC(OC(=O)CC2CS(=O)(=O)CCN2)CC1. The second-order valence-electron chi connectivity index (χ2n) is 5.46. The predicted molar refractivity (Wildman–Crippen MR) is 71.7 cm³/mol. The lowest BCUT2D eigenvalue weighted by atomic mass is 10.1. The Labute approximate surface area is 114 Å². The van der Waals surface area contributed by atoms with Crippen molar-refractivity contribution in [3.63, 3.8) is 0 Å². The summed E-state index contributed by atoms with van der Waals surface area (Å²) in [5.74, 6) is -0.0904. The van der Waals surface area contributed by atoms with E-state index in [1.165, 1.54) is 0 Å². The van der Waals surface area contributed by atoms with E-state index in [2.05, 4.69) is 17.3 Å². The molecule has 19 heavy (non-hydrogen) atoms. The quantitative estimate of drug-likeness (QED) is 0.700. The number of hydrogen-bond donors (Lipinski definition) is 1. The van der Waals surface area contributed by atoms with Gasteiger partial charge in [-0.15, -0.1) is 0 Å². The average Bonchev–Trinajstić information content (AvgIpc) is 2.30. The summed E-state index contributed by atoms with van der Waals surface area (Å²) in [5, 5.41) is 3.06. The first-order valence-corrected chi connectivity index (χ1v) is 8.58. The number of piperidine rings is 1. The topological polar surface area (TPSA) is 75.7 Å². The first-order chi connectivity index (χ1) is 8.94. The van der Waals surface area contributed by atoms with E-state index in [9.17, 15) is 13.2 Å². The molecule has 0 radical (unpaired) electrons. The van der Waals surface area contributed by atoms with Crippen molar-refractivity contribution >= 4 is 15.8 Å². The second kappa shape index (κ2) is 6.19. The molecule has 0 aromatic heterocycles. The zero-order valence-electron chi connectivity index (χ0n) is 11.3. The molecular weight excluding hydrogens is 268 g/mol. The summed E-state index contributed by atoms with van der Waals surface area (Å²) in [4.78, 5) is 14.0.